The first-order valence-electron chi connectivity index (χ1n) is 8.04. The highest BCUT2D eigenvalue weighted by Crippen LogP contribution is 2.23. The van der Waals surface area contributed by atoms with Crippen LogP contribution in [-0.4, -0.2) is 29.3 Å². The Kier molecular flexibility index (Phi) is 5.31. The van der Waals surface area contributed by atoms with Gasteiger partial charge in [0.25, 0.3) is 5.91 Å². The number of benzene rings is 1. The van der Waals surface area contributed by atoms with Gasteiger partial charge >= 0.3 is 0 Å². The molecule has 1 saturated carbocycles. The number of Topliss-reactive ketones (excluding diaryl/α,β-unsaturated/α-hetero) is 1. The fourth-order valence-corrected chi connectivity index (χ4v) is 2.75. The number of hydrogen-bond donors (Lipinski definition) is 2. The lowest BCUT2D eigenvalue weighted by atomic mass is 10.1. The summed E-state index contributed by atoms with van der Waals surface area (Å²) in [6.45, 7) is 1.44. The van der Waals surface area contributed by atoms with Gasteiger partial charge in [0.15, 0.2) is 5.78 Å². The number of ketones is 1. The third-order valence-corrected chi connectivity index (χ3v) is 4.45. The average Bonchev–Trinajstić information content (AvgIpc) is 3.39. The maximum atomic E-state index is 14.1. The molecule has 3 rings (SSSR count). The molecule has 0 saturated heterocycles. The fourth-order valence-electron chi connectivity index (χ4n) is 2.42. The lowest BCUT2D eigenvalue weighted by Crippen LogP contribution is -2.26. The van der Waals surface area contributed by atoms with E-state index in [0.29, 0.717) is 15.7 Å². The summed E-state index contributed by atoms with van der Waals surface area (Å²) in [6.07, 6.45) is 3.05. The van der Waals surface area contributed by atoms with Crippen molar-refractivity contribution in [1.82, 2.24) is 10.3 Å². The maximum absolute atomic E-state index is 14.1. The second-order valence-electron chi connectivity index (χ2n) is 6.16. The molecule has 1 amide bonds. The summed E-state index contributed by atoms with van der Waals surface area (Å²) in [4.78, 5) is 27.8. The SMILES string of the molecule is Cc1cc(F)c(C(=O)NC2CC2)cc1NCC(=O)c1cc(Br)cnc1F. The van der Waals surface area contributed by atoms with Crippen molar-refractivity contribution in [3.63, 3.8) is 0 Å². The zero-order valence-electron chi connectivity index (χ0n) is 13.9. The summed E-state index contributed by atoms with van der Waals surface area (Å²) in [5.41, 5.74) is 0.723. The topological polar surface area (TPSA) is 71.1 Å². The van der Waals surface area contributed by atoms with Crippen molar-refractivity contribution in [3.8, 4) is 0 Å². The summed E-state index contributed by atoms with van der Waals surface area (Å²) in [7, 11) is 0. The van der Waals surface area contributed by atoms with E-state index in [-0.39, 0.29) is 23.7 Å². The zero-order valence-corrected chi connectivity index (χ0v) is 15.5. The Labute approximate surface area is 157 Å². The molecule has 1 aromatic carbocycles. The molecule has 2 N–H and O–H groups in total. The van der Waals surface area contributed by atoms with Gasteiger partial charge in [-0.3, -0.25) is 9.59 Å². The van der Waals surface area contributed by atoms with E-state index in [9.17, 15) is 18.4 Å². The molecule has 1 aromatic heterocycles. The Morgan fingerprint density at radius 1 is 1.23 bits per heavy atom. The van der Waals surface area contributed by atoms with E-state index in [2.05, 4.69) is 31.5 Å². The lowest BCUT2D eigenvalue weighted by Gasteiger charge is -2.12. The largest absolute Gasteiger partial charge is 0.377 e. The van der Waals surface area contributed by atoms with Gasteiger partial charge in [-0.1, -0.05) is 0 Å². The predicted molar refractivity (Wildman–Crippen MR) is 96.3 cm³/mol. The molecule has 2 aromatic rings. The molecule has 1 heterocycles. The highest BCUT2D eigenvalue weighted by atomic mass is 79.9. The average molecular weight is 424 g/mol. The molecule has 5 nitrogen and oxygen atoms in total. The first-order chi connectivity index (χ1) is 12.3. The van der Waals surface area contributed by atoms with Crippen molar-refractivity contribution in [3.05, 3.63) is 57.3 Å². The molecule has 0 spiro atoms. The standard InChI is InChI=1S/C18H16BrF2N3O2/c1-9-4-14(20)12(18(26)24-11-2-3-11)6-15(9)22-8-16(25)13-5-10(19)7-23-17(13)21/h4-7,11,22H,2-3,8H2,1H3,(H,24,26). The quantitative estimate of drug-likeness (QED) is 0.549. The summed E-state index contributed by atoms with van der Waals surface area (Å²) in [5, 5.41) is 5.57. The first kappa shape index (κ1) is 18.4. The van der Waals surface area contributed by atoms with E-state index in [4.69, 9.17) is 0 Å². The third kappa shape index (κ3) is 4.24. The zero-order chi connectivity index (χ0) is 18.8. The van der Waals surface area contributed by atoms with Gasteiger partial charge in [0.05, 0.1) is 17.7 Å². The van der Waals surface area contributed by atoms with Crippen LogP contribution in [0.25, 0.3) is 0 Å². The normalized spacial score (nSPS) is 13.4. The van der Waals surface area contributed by atoms with E-state index in [1.807, 2.05) is 0 Å². The minimum Gasteiger partial charge on any atom is -0.377 e. The number of halogens is 3. The van der Waals surface area contributed by atoms with E-state index < -0.39 is 23.5 Å². The highest BCUT2D eigenvalue weighted by molar-refractivity contribution is 9.10. The molecule has 0 unspecified atom stereocenters. The van der Waals surface area contributed by atoms with Crippen LogP contribution in [0.5, 0.6) is 0 Å². The van der Waals surface area contributed by atoms with Gasteiger partial charge in [-0.05, 0) is 59.5 Å². The number of nitrogens with zero attached hydrogens (tertiary/aromatic N) is 1. The number of aryl methyl sites for hydroxylation is 1. The monoisotopic (exact) mass is 423 g/mol. The molecule has 26 heavy (non-hydrogen) atoms. The summed E-state index contributed by atoms with van der Waals surface area (Å²) in [5.74, 6) is -2.48. The van der Waals surface area contributed by atoms with Gasteiger partial charge in [-0.2, -0.15) is 4.39 Å². The van der Waals surface area contributed by atoms with Crippen LogP contribution < -0.4 is 10.6 Å². The molecular formula is C18H16BrF2N3O2. The van der Waals surface area contributed by atoms with Crippen molar-refractivity contribution in [2.45, 2.75) is 25.8 Å². The Hall–Kier alpha value is -2.35. The summed E-state index contributed by atoms with van der Waals surface area (Å²) < 4.78 is 28.3. The molecular weight excluding hydrogens is 408 g/mol. The Morgan fingerprint density at radius 3 is 2.65 bits per heavy atom. The van der Waals surface area contributed by atoms with Crippen LogP contribution in [0, 0.1) is 18.7 Å². The van der Waals surface area contributed by atoms with Crippen molar-refractivity contribution in [1.29, 1.82) is 0 Å². The van der Waals surface area contributed by atoms with Gasteiger partial charge in [0, 0.05) is 22.4 Å². The number of carbonyl (C=O) groups is 2. The third-order valence-electron chi connectivity index (χ3n) is 4.02. The first-order valence-corrected chi connectivity index (χ1v) is 8.83. The molecule has 1 fully saturated rings. The second kappa shape index (κ2) is 7.49. The van der Waals surface area contributed by atoms with Crippen molar-refractivity contribution in [2.75, 3.05) is 11.9 Å². The number of amides is 1. The van der Waals surface area contributed by atoms with Crippen LogP contribution in [0.2, 0.25) is 0 Å². The number of hydrogen-bond acceptors (Lipinski definition) is 4. The predicted octanol–water partition coefficient (Wildman–Crippen LogP) is 3.62. The van der Waals surface area contributed by atoms with Crippen LogP contribution >= 0.6 is 15.9 Å². The molecule has 8 heteroatoms. The van der Waals surface area contributed by atoms with Gasteiger partial charge in [0.1, 0.15) is 5.82 Å². The van der Waals surface area contributed by atoms with E-state index >= 15 is 0 Å². The van der Waals surface area contributed by atoms with Crippen LogP contribution in [0.3, 0.4) is 0 Å². The molecule has 0 bridgehead atoms. The molecule has 1 aliphatic rings. The van der Waals surface area contributed by atoms with Gasteiger partial charge < -0.3 is 10.6 Å². The molecule has 0 aliphatic heterocycles. The molecule has 1 aliphatic carbocycles. The second-order valence-corrected chi connectivity index (χ2v) is 7.08. The number of pyridine rings is 1. The number of anilines is 1. The van der Waals surface area contributed by atoms with Crippen molar-refractivity contribution in [2.24, 2.45) is 0 Å². The minimum atomic E-state index is -0.861. The number of rotatable bonds is 6. The van der Waals surface area contributed by atoms with Gasteiger partial charge in [-0.15, -0.1) is 0 Å². The molecule has 0 atom stereocenters. The highest BCUT2D eigenvalue weighted by Gasteiger charge is 2.25. The van der Waals surface area contributed by atoms with Gasteiger partial charge in [-0.25, -0.2) is 9.37 Å². The lowest BCUT2D eigenvalue weighted by molar-refractivity contribution is 0.0946. The van der Waals surface area contributed by atoms with Crippen LogP contribution in [-0.2, 0) is 0 Å². The van der Waals surface area contributed by atoms with Crippen molar-refractivity contribution < 1.29 is 18.4 Å². The molecule has 0 radical (unpaired) electrons. The van der Waals surface area contributed by atoms with Crippen LogP contribution in [0.1, 0.15) is 39.1 Å². The summed E-state index contributed by atoms with van der Waals surface area (Å²) >= 11 is 3.14. The number of carbonyl (C=O) groups excluding carboxylic acids is 2. The van der Waals surface area contributed by atoms with E-state index in [1.165, 1.54) is 24.4 Å². The Morgan fingerprint density at radius 2 is 1.96 bits per heavy atom. The van der Waals surface area contributed by atoms with Crippen molar-refractivity contribution >= 4 is 33.3 Å². The Balaban J connectivity index is 1.75. The minimum absolute atomic E-state index is 0.0900. The number of nitrogens with one attached hydrogen (secondary N) is 2. The molecule has 136 valence electrons. The van der Waals surface area contributed by atoms with E-state index in [0.717, 1.165) is 12.8 Å². The Bertz CT molecular complexity index is 885. The fraction of sp³-hybridized carbons (Fsp3) is 0.278. The van der Waals surface area contributed by atoms with E-state index in [1.54, 1.807) is 6.92 Å². The smallest absolute Gasteiger partial charge is 0.254 e. The maximum Gasteiger partial charge on any atom is 0.254 e. The van der Waals surface area contributed by atoms with Crippen LogP contribution in [0.15, 0.2) is 28.9 Å². The summed E-state index contributed by atoms with van der Waals surface area (Å²) in [6, 6.07) is 4.05. The van der Waals surface area contributed by atoms with Crippen LogP contribution in [0.4, 0.5) is 14.5 Å². The number of aromatic nitrogens is 1. The van der Waals surface area contributed by atoms with Gasteiger partial charge in [0.2, 0.25) is 5.95 Å².